The molecule has 0 bridgehead atoms. The molecular formula is C14H16N2O. The zero-order valence-corrected chi connectivity index (χ0v) is 10.4. The molecule has 0 aliphatic carbocycles. The summed E-state index contributed by atoms with van der Waals surface area (Å²) in [6.45, 7) is 4.00. The summed E-state index contributed by atoms with van der Waals surface area (Å²) in [6.07, 6.45) is 2.57. The summed E-state index contributed by atoms with van der Waals surface area (Å²) in [4.78, 5) is 12.3. The van der Waals surface area contributed by atoms with Gasteiger partial charge in [0, 0.05) is 18.8 Å². The fraction of sp³-hybridized carbons (Fsp3) is 0.286. The van der Waals surface area contributed by atoms with Crippen molar-refractivity contribution >= 4 is 5.78 Å². The predicted octanol–water partition coefficient (Wildman–Crippen LogP) is 2.52. The lowest BCUT2D eigenvalue weighted by Gasteiger charge is -2.01. The number of carbonyl (C=O) groups is 1. The minimum atomic E-state index is 0.0543. The second-order valence-corrected chi connectivity index (χ2v) is 4.22. The van der Waals surface area contributed by atoms with Crippen molar-refractivity contribution in [3.05, 3.63) is 52.8 Å². The first kappa shape index (κ1) is 11.6. The van der Waals surface area contributed by atoms with Gasteiger partial charge in [-0.15, -0.1) is 0 Å². The van der Waals surface area contributed by atoms with Crippen LogP contribution in [0.15, 0.2) is 30.5 Å². The van der Waals surface area contributed by atoms with Crippen molar-refractivity contribution in [2.24, 2.45) is 7.05 Å². The third-order valence-electron chi connectivity index (χ3n) is 2.77. The molecule has 0 aliphatic rings. The van der Waals surface area contributed by atoms with E-state index >= 15 is 0 Å². The summed E-state index contributed by atoms with van der Waals surface area (Å²) in [5.74, 6) is 0.0543. The molecule has 0 unspecified atom stereocenters. The summed E-state index contributed by atoms with van der Waals surface area (Å²) in [7, 11) is 1.84. The van der Waals surface area contributed by atoms with Crippen LogP contribution >= 0.6 is 0 Å². The van der Waals surface area contributed by atoms with E-state index in [1.54, 1.807) is 10.9 Å². The quantitative estimate of drug-likeness (QED) is 0.757. The van der Waals surface area contributed by atoms with Crippen molar-refractivity contribution in [1.82, 2.24) is 9.78 Å². The smallest absolute Gasteiger partial charge is 0.196 e. The van der Waals surface area contributed by atoms with Gasteiger partial charge in [0.1, 0.15) is 0 Å². The van der Waals surface area contributed by atoms with E-state index < -0.39 is 0 Å². The average Bonchev–Trinajstić information content (AvgIpc) is 2.69. The van der Waals surface area contributed by atoms with Crippen LogP contribution in [0, 0.1) is 6.92 Å². The minimum absolute atomic E-state index is 0.0543. The molecule has 1 aromatic carbocycles. The number of hydrogen-bond acceptors (Lipinski definition) is 2. The molecular weight excluding hydrogens is 212 g/mol. The zero-order chi connectivity index (χ0) is 12.4. The second-order valence-electron chi connectivity index (χ2n) is 4.22. The van der Waals surface area contributed by atoms with Crippen molar-refractivity contribution in [1.29, 1.82) is 0 Å². The van der Waals surface area contributed by atoms with Crippen LogP contribution in [0.3, 0.4) is 0 Å². The Kier molecular flexibility index (Phi) is 3.09. The average molecular weight is 228 g/mol. The van der Waals surface area contributed by atoms with Crippen LogP contribution < -0.4 is 0 Å². The molecule has 0 radical (unpaired) electrons. The summed E-state index contributed by atoms with van der Waals surface area (Å²) in [6, 6.07) is 7.65. The van der Waals surface area contributed by atoms with Crippen LogP contribution in [-0.2, 0) is 13.5 Å². The van der Waals surface area contributed by atoms with Gasteiger partial charge >= 0.3 is 0 Å². The molecule has 3 heteroatoms. The van der Waals surface area contributed by atoms with Crippen LogP contribution in [0.4, 0.5) is 0 Å². The Balaban J connectivity index is 2.43. The predicted molar refractivity (Wildman–Crippen MR) is 67.2 cm³/mol. The highest BCUT2D eigenvalue weighted by Gasteiger charge is 2.15. The van der Waals surface area contributed by atoms with E-state index in [1.807, 2.05) is 45.2 Å². The van der Waals surface area contributed by atoms with E-state index in [9.17, 15) is 4.79 Å². The first-order chi connectivity index (χ1) is 8.11. The lowest BCUT2D eigenvalue weighted by Crippen LogP contribution is -2.03. The van der Waals surface area contributed by atoms with Gasteiger partial charge in [-0.2, -0.15) is 5.10 Å². The van der Waals surface area contributed by atoms with Gasteiger partial charge in [-0.1, -0.05) is 30.7 Å². The highest BCUT2D eigenvalue weighted by molar-refractivity contribution is 6.09. The molecule has 0 saturated heterocycles. The number of benzene rings is 1. The largest absolute Gasteiger partial charge is 0.288 e. The van der Waals surface area contributed by atoms with Gasteiger partial charge in [0.15, 0.2) is 5.78 Å². The van der Waals surface area contributed by atoms with Gasteiger partial charge < -0.3 is 0 Å². The van der Waals surface area contributed by atoms with E-state index in [4.69, 9.17) is 0 Å². The standard InChI is InChI=1S/C14H16N2O/c1-4-13-12(9-16(3)15-13)14(17)11-7-5-6-10(2)8-11/h5-9H,4H2,1-3H3. The normalized spacial score (nSPS) is 10.5. The number of carbonyl (C=O) groups excluding carboxylic acids is 1. The van der Waals surface area contributed by atoms with Gasteiger partial charge in [-0.05, 0) is 19.4 Å². The van der Waals surface area contributed by atoms with Crippen LogP contribution in [0.25, 0.3) is 0 Å². The highest BCUT2D eigenvalue weighted by atomic mass is 16.1. The van der Waals surface area contributed by atoms with E-state index in [0.717, 1.165) is 23.2 Å². The maximum absolute atomic E-state index is 12.3. The number of aryl methyl sites for hydroxylation is 3. The first-order valence-electron chi connectivity index (χ1n) is 5.75. The van der Waals surface area contributed by atoms with E-state index in [-0.39, 0.29) is 5.78 Å². The van der Waals surface area contributed by atoms with Crippen molar-refractivity contribution in [2.75, 3.05) is 0 Å². The van der Waals surface area contributed by atoms with Gasteiger partial charge in [0.25, 0.3) is 0 Å². The molecule has 0 saturated carbocycles. The fourth-order valence-electron chi connectivity index (χ4n) is 1.93. The van der Waals surface area contributed by atoms with Crippen molar-refractivity contribution < 1.29 is 4.79 Å². The lowest BCUT2D eigenvalue weighted by molar-refractivity contribution is 0.103. The number of nitrogens with zero attached hydrogens (tertiary/aromatic N) is 2. The molecule has 2 aromatic rings. The SMILES string of the molecule is CCc1nn(C)cc1C(=O)c1cccc(C)c1. The molecule has 0 fully saturated rings. The number of ketones is 1. The highest BCUT2D eigenvalue weighted by Crippen LogP contribution is 2.14. The molecule has 3 nitrogen and oxygen atoms in total. The number of aromatic nitrogens is 2. The first-order valence-corrected chi connectivity index (χ1v) is 5.75. The Morgan fingerprint density at radius 1 is 1.41 bits per heavy atom. The molecule has 88 valence electrons. The van der Waals surface area contributed by atoms with E-state index in [2.05, 4.69) is 5.10 Å². The Labute approximate surface area is 101 Å². The summed E-state index contributed by atoms with van der Waals surface area (Å²) in [5.41, 5.74) is 3.39. The topological polar surface area (TPSA) is 34.9 Å². The summed E-state index contributed by atoms with van der Waals surface area (Å²) >= 11 is 0. The molecule has 0 atom stereocenters. The Morgan fingerprint density at radius 2 is 2.18 bits per heavy atom. The van der Waals surface area contributed by atoms with Gasteiger partial charge in [-0.3, -0.25) is 9.48 Å². The Bertz CT molecular complexity index is 555. The van der Waals surface area contributed by atoms with Crippen molar-refractivity contribution in [3.8, 4) is 0 Å². The Hall–Kier alpha value is -1.90. The number of rotatable bonds is 3. The van der Waals surface area contributed by atoms with Gasteiger partial charge in [-0.25, -0.2) is 0 Å². The molecule has 1 heterocycles. The van der Waals surface area contributed by atoms with Crippen LogP contribution in [0.1, 0.15) is 34.1 Å². The van der Waals surface area contributed by atoms with Crippen molar-refractivity contribution in [3.63, 3.8) is 0 Å². The maximum atomic E-state index is 12.3. The molecule has 0 aliphatic heterocycles. The van der Waals surface area contributed by atoms with E-state index in [1.165, 1.54) is 0 Å². The van der Waals surface area contributed by atoms with Gasteiger partial charge in [0.2, 0.25) is 0 Å². The van der Waals surface area contributed by atoms with Crippen molar-refractivity contribution in [2.45, 2.75) is 20.3 Å². The molecule has 2 rings (SSSR count). The molecule has 17 heavy (non-hydrogen) atoms. The van der Waals surface area contributed by atoms with Crippen LogP contribution in [0.2, 0.25) is 0 Å². The third-order valence-corrected chi connectivity index (χ3v) is 2.77. The zero-order valence-electron chi connectivity index (χ0n) is 10.4. The molecule has 0 spiro atoms. The minimum Gasteiger partial charge on any atom is -0.288 e. The summed E-state index contributed by atoms with van der Waals surface area (Å²) in [5, 5.41) is 4.29. The summed E-state index contributed by atoms with van der Waals surface area (Å²) < 4.78 is 1.70. The van der Waals surface area contributed by atoms with Gasteiger partial charge in [0.05, 0.1) is 11.3 Å². The second kappa shape index (κ2) is 4.53. The monoisotopic (exact) mass is 228 g/mol. The molecule has 1 aromatic heterocycles. The maximum Gasteiger partial charge on any atom is 0.196 e. The van der Waals surface area contributed by atoms with E-state index in [0.29, 0.717) is 5.56 Å². The lowest BCUT2D eigenvalue weighted by atomic mass is 10.0. The molecule has 0 amide bonds. The molecule has 0 N–H and O–H groups in total. The number of hydrogen-bond donors (Lipinski definition) is 0. The van der Waals surface area contributed by atoms with Crippen LogP contribution in [-0.4, -0.2) is 15.6 Å². The Morgan fingerprint density at radius 3 is 2.82 bits per heavy atom. The fourth-order valence-corrected chi connectivity index (χ4v) is 1.93. The van der Waals surface area contributed by atoms with Crippen LogP contribution in [0.5, 0.6) is 0 Å². The third kappa shape index (κ3) is 2.28.